The average Bonchev–Trinajstić information content (AvgIpc) is 3.05. The summed E-state index contributed by atoms with van der Waals surface area (Å²) in [4.78, 5) is 34.5. The predicted molar refractivity (Wildman–Crippen MR) is 103 cm³/mol. The van der Waals surface area contributed by atoms with Crippen molar-refractivity contribution in [3.05, 3.63) is 52.8 Å². The first-order valence-electron chi connectivity index (χ1n) is 9.21. The van der Waals surface area contributed by atoms with Crippen LogP contribution in [0.5, 0.6) is 0 Å². The van der Waals surface area contributed by atoms with Gasteiger partial charge in [0, 0.05) is 31.7 Å². The van der Waals surface area contributed by atoms with Crippen molar-refractivity contribution in [2.24, 2.45) is 0 Å². The lowest BCUT2D eigenvalue weighted by Gasteiger charge is -2.18. The zero-order valence-electron chi connectivity index (χ0n) is 15.7. The average molecular weight is 367 g/mol. The second kappa shape index (κ2) is 8.16. The molecule has 3 N–H and O–H groups in total. The van der Waals surface area contributed by atoms with Gasteiger partial charge >= 0.3 is 0 Å². The lowest BCUT2D eigenvalue weighted by atomic mass is 10.1. The molecular weight excluding hydrogens is 342 g/mol. The van der Waals surface area contributed by atoms with Gasteiger partial charge in [0.15, 0.2) is 0 Å². The first-order valence-corrected chi connectivity index (χ1v) is 9.21. The van der Waals surface area contributed by atoms with E-state index >= 15 is 0 Å². The lowest BCUT2D eigenvalue weighted by Crippen LogP contribution is -2.27. The van der Waals surface area contributed by atoms with Gasteiger partial charge in [0.1, 0.15) is 5.69 Å². The van der Waals surface area contributed by atoms with Crippen molar-refractivity contribution in [3.63, 3.8) is 0 Å². The summed E-state index contributed by atoms with van der Waals surface area (Å²) in [6.45, 7) is 5.69. The fraction of sp³-hybridized carbons (Fsp3) is 0.400. The number of likely N-dealkylation sites (tertiary alicyclic amines) is 1. The van der Waals surface area contributed by atoms with E-state index in [4.69, 9.17) is 5.73 Å². The van der Waals surface area contributed by atoms with Crippen molar-refractivity contribution in [2.45, 2.75) is 45.7 Å². The summed E-state index contributed by atoms with van der Waals surface area (Å²) in [7, 11) is 0. The maximum absolute atomic E-state index is 12.5. The number of aromatic nitrogens is 2. The van der Waals surface area contributed by atoms with E-state index in [1.807, 2.05) is 43.0 Å². The van der Waals surface area contributed by atoms with Crippen molar-refractivity contribution in [1.82, 2.24) is 20.2 Å². The van der Waals surface area contributed by atoms with Crippen LogP contribution in [0.3, 0.4) is 0 Å². The fourth-order valence-electron chi connectivity index (χ4n) is 3.12. The van der Waals surface area contributed by atoms with E-state index in [9.17, 15) is 9.59 Å². The van der Waals surface area contributed by atoms with Gasteiger partial charge in [-0.1, -0.05) is 38.1 Å². The minimum absolute atomic E-state index is 0.0966. The van der Waals surface area contributed by atoms with Gasteiger partial charge in [-0.3, -0.25) is 9.59 Å². The van der Waals surface area contributed by atoms with Crippen LogP contribution in [0.2, 0.25) is 0 Å². The van der Waals surface area contributed by atoms with Gasteiger partial charge in [-0.05, 0) is 29.5 Å². The van der Waals surface area contributed by atoms with Crippen LogP contribution in [-0.4, -0.2) is 33.2 Å². The van der Waals surface area contributed by atoms with Gasteiger partial charge in [-0.2, -0.15) is 0 Å². The number of nitrogens with two attached hydrogens (primary N) is 1. The molecule has 1 fully saturated rings. The number of nitrogen functional groups attached to an aromatic ring is 1. The Morgan fingerprint density at radius 1 is 1.26 bits per heavy atom. The van der Waals surface area contributed by atoms with Crippen molar-refractivity contribution in [2.75, 3.05) is 12.3 Å². The molecule has 0 spiro atoms. The summed E-state index contributed by atoms with van der Waals surface area (Å²) >= 11 is 0. The van der Waals surface area contributed by atoms with Crippen molar-refractivity contribution in [3.8, 4) is 0 Å². The quantitative estimate of drug-likeness (QED) is 0.815. The molecule has 0 atom stereocenters. The molecule has 1 saturated heterocycles. The number of benzene rings is 1. The normalized spacial score (nSPS) is 14.0. The van der Waals surface area contributed by atoms with E-state index in [0.29, 0.717) is 19.5 Å². The van der Waals surface area contributed by atoms with Gasteiger partial charge in [0.25, 0.3) is 5.91 Å². The number of carbonyl (C=O) groups excluding carboxylic acids is 2. The molecule has 0 saturated carbocycles. The van der Waals surface area contributed by atoms with E-state index in [-0.39, 0.29) is 29.4 Å². The van der Waals surface area contributed by atoms with Gasteiger partial charge in [-0.15, -0.1) is 0 Å². The Kier molecular flexibility index (Phi) is 5.69. The van der Waals surface area contributed by atoms with E-state index in [2.05, 4.69) is 15.3 Å². The molecule has 2 heterocycles. The molecule has 0 bridgehead atoms. The standard InChI is InChI=1S/C20H25N5O2/c1-13(2)16-10-17(24-20(21)23-16)19(27)22-11-14-6-3-4-7-15(14)12-25-9-5-8-18(25)26/h3-4,6-7,10,13H,5,8-9,11-12H2,1-2H3,(H,22,27)(H2,21,23,24). The minimum atomic E-state index is -0.293. The zero-order chi connectivity index (χ0) is 19.4. The number of anilines is 1. The number of rotatable bonds is 6. The predicted octanol–water partition coefficient (Wildman–Crippen LogP) is 2.23. The molecule has 3 rings (SSSR count). The molecule has 7 nitrogen and oxygen atoms in total. The Bertz CT molecular complexity index is 850. The van der Waals surface area contributed by atoms with Crippen LogP contribution in [0.1, 0.15) is 59.9 Å². The number of amides is 2. The van der Waals surface area contributed by atoms with Gasteiger partial charge in [0.05, 0.1) is 0 Å². The van der Waals surface area contributed by atoms with Crippen LogP contribution in [-0.2, 0) is 17.9 Å². The van der Waals surface area contributed by atoms with Gasteiger partial charge < -0.3 is 16.0 Å². The largest absolute Gasteiger partial charge is 0.368 e. The molecule has 2 aromatic rings. The van der Waals surface area contributed by atoms with Gasteiger partial charge in [-0.25, -0.2) is 9.97 Å². The smallest absolute Gasteiger partial charge is 0.270 e. The lowest BCUT2D eigenvalue weighted by molar-refractivity contribution is -0.128. The third-order valence-corrected chi connectivity index (χ3v) is 4.68. The van der Waals surface area contributed by atoms with E-state index < -0.39 is 0 Å². The molecule has 0 unspecified atom stereocenters. The Labute approximate surface area is 159 Å². The van der Waals surface area contributed by atoms with E-state index in [1.54, 1.807) is 6.07 Å². The van der Waals surface area contributed by atoms with Crippen LogP contribution >= 0.6 is 0 Å². The monoisotopic (exact) mass is 367 g/mol. The van der Waals surface area contributed by atoms with Gasteiger partial charge in [0.2, 0.25) is 11.9 Å². The zero-order valence-corrected chi connectivity index (χ0v) is 15.7. The van der Waals surface area contributed by atoms with E-state index in [1.165, 1.54) is 0 Å². The molecule has 2 amide bonds. The van der Waals surface area contributed by atoms with Crippen LogP contribution < -0.4 is 11.1 Å². The summed E-state index contributed by atoms with van der Waals surface area (Å²) in [6.07, 6.45) is 1.53. The number of nitrogens with one attached hydrogen (secondary N) is 1. The Balaban J connectivity index is 1.70. The molecule has 1 aromatic carbocycles. The third kappa shape index (κ3) is 4.61. The highest BCUT2D eigenvalue weighted by Gasteiger charge is 2.21. The summed E-state index contributed by atoms with van der Waals surface area (Å²) in [5, 5.41) is 2.90. The number of carbonyl (C=O) groups is 2. The number of nitrogens with zero attached hydrogens (tertiary/aromatic N) is 3. The maximum atomic E-state index is 12.5. The first-order chi connectivity index (χ1) is 12.9. The topological polar surface area (TPSA) is 101 Å². The van der Waals surface area contributed by atoms with Crippen LogP contribution in [0.15, 0.2) is 30.3 Å². The van der Waals surface area contributed by atoms with Crippen molar-refractivity contribution < 1.29 is 9.59 Å². The highest BCUT2D eigenvalue weighted by molar-refractivity contribution is 5.92. The second-order valence-corrected chi connectivity index (χ2v) is 7.06. The summed E-state index contributed by atoms with van der Waals surface area (Å²) in [5.74, 6) is 0.143. The molecule has 1 aromatic heterocycles. The first kappa shape index (κ1) is 18.8. The molecule has 7 heteroatoms. The van der Waals surface area contributed by atoms with Crippen LogP contribution in [0.25, 0.3) is 0 Å². The summed E-state index contributed by atoms with van der Waals surface area (Å²) < 4.78 is 0. The Morgan fingerprint density at radius 2 is 2.00 bits per heavy atom. The van der Waals surface area contributed by atoms with Crippen molar-refractivity contribution in [1.29, 1.82) is 0 Å². The molecular formula is C20H25N5O2. The fourth-order valence-corrected chi connectivity index (χ4v) is 3.12. The third-order valence-electron chi connectivity index (χ3n) is 4.68. The Hall–Kier alpha value is -2.96. The number of hydrogen-bond acceptors (Lipinski definition) is 5. The SMILES string of the molecule is CC(C)c1cc(C(=O)NCc2ccccc2CN2CCCC2=O)nc(N)n1. The van der Waals surface area contributed by atoms with E-state index in [0.717, 1.165) is 29.8 Å². The molecule has 142 valence electrons. The summed E-state index contributed by atoms with van der Waals surface area (Å²) in [5.41, 5.74) is 8.75. The second-order valence-electron chi connectivity index (χ2n) is 7.06. The van der Waals surface area contributed by atoms with Crippen LogP contribution in [0.4, 0.5) is 5.95 Å². The highest BCUT2D eigenvalue weighted by Crippen LogP contribution is 2.18. The number of hydrogen-bond donors (Lipinski definition) is 2. The van der Waals surface area contributed by atoms with Crippen LogP contribution in [0, 0.1) is 0 Å². The molecule has 1 aliphatic rings. The molecule has 0 aliphatic carbocycles. The maximum Gasteiger partial charge on any atom is 0.270 e. The Morgan fingerprint density at radius 3 is 2.67 bits per heavy atom. The summed E-state index contributed by atoms with van der Waals surface area (Å²) in [6, 6.07) is 9.50. The molecule has 1 aliphatic heterocycles. The molecule has 27 heavy (non-hydrogen) atoms. The minimum Gasteiger partial charge on any atom is -0.368 e. The molecule has 0 radical (unpaired) electrons. The van der Waals surface area contributed by atoms with Crippen molar-refractivity contribution >= 4 is 17.8 Å². The highest BCUT2D eigenvalue weighted by atomic mass is 16.2.